The second-order valence-electron chi connectivity index (χ2n) is 4.80. The summed E-state index contributed by atoms with van der Waals surface area (Å²) in [6.07, 6.45) is -4.26. The zero-order valence-electron chi connectivity index (χ0n) is 11.5. The summed E-state index contributed by atoms with van der Waals surface area (Å²) in [5, 5.41) is 3.76. The number of alkyl halides is 5. The Morgan fingerprint density at radius 1 is 1.00 bits per heavy atom. The highest BCUT2D eigenvalue weighted by molar-refractivity contribution is 5.64. The third kappa shape index (κ3) is 2.41. The number of fused-ring (bicyclic) bond motifs is 1. The Morgan fingerprint density at radius 3 is 2.29 bits per heavy atom. The lowest BCUT2D eigenvalue weighted by molar-refractivity contribution is -0.289. The van der Waals surface area contributed by atoms with Gasteiger partial charge < -0.3 is 5.73 Å². The van der Waals surface area contributed by atoms with Gasteiger partial charge in [0.25, 0.3) is 0 Å². The van der Waals surface area contributed by atoms with Gasteiger partial charge in [-0.15, -0.1) is 5.10 Å². The average Bonchev–Trinajstić information content (AvgIpc) is 2.82. The average molecular weight is 347 g/mol. The van der Waals surface area contributed by atoms with Gasteiger partial charge in [0.2, 0.25) is 5.95 Å². The molecule has 0 fully saturated rings. The molecular weight excluding hydrogens is 340 g/mol. The van der Waals surface area contributed by atoms with E-state index in [0.717, 1.165) is 22.8 Å². The van der Waals surface area contributed by atoms with Crippen LogP contribution in [0.1, 0.15) is 5.56 Å². The molecule has 0 aliphatic carbocycles. The first-order valence-electron chi connectivity index (χ1n) is 6.32. The first-order valence-corrected chi connectivity index (χ1v) is 6.32. The van der Waals surface area contributed by atoms with Gasteiger partial charge >= 0.3 is 12.1 Å². The largest absolute Gasteiger partial charge is 0.458 e. The molecule has 126 valence electrons. The number of hydrogen-bond donors (Lipinski definition) is 1. The Balaban J connectivity index is 2.08. The molecule has 24 heavy (non-hydrogen) atoms. The molecular formula is C13H7F6N5. The van der Waals surface area contributed by atoms with Crippen molar-refractivity contribution in [2.45, 2.75) is 12.1 Å². The van der Waals surface area contributed by atoms with Crippen molar-refractivity contribution in [3.05, 3.63) is 42.0 Å². The van der Waals surface area contributed by atoms with E-state index in [1.54, 1.807) is 0 Å². The van der Waals surface area contributed by atoms with Gasteiger partial charge in [-0.2, -0.15) is 22.0 Å². The molecule has 11 heteroatoms. The Labute approximate surface area is 129 Å². The van der Waals surface area contributed by atoms with Crippen LogP contribution in [0.4, 0.5) is 32.3 Å². The molecule has 3 heterocycles. The van der Waals surface area contributed by atoms with Crippen molar-refractivity contribution in [3.63, 3.8) is 0 Å². The highest BCUT2D eigenvalue weighted by Gasteiger charge is 2.58. The van der Waals surface area contributed by atoms with E-state index < -0.39 is 23.5 Å². The van der Waals surface area contributed by atoms with E-state index >= 15 is 0 Å². The van der Waals surface area contributed by atoms with Gasteiger partial charge in [-0.25, -0.2) is 13.9 Å². The van der Waals surface area contributed by atoms with Crippen LogP contribution in [0.5, 0.6) is 0 Å². The third-order valence-electron chi connectivity index (χ3n) is 3.23. The van der Waals surface area contributed by atoms with Crippen LogP contribution in [-0.2, 0) is 5.92 Å². The van der Waals surface area contributed by atoms with Gasteiger partial charge in [-0.05, 0) is 12.1 Å². The molecule has 0 aliphatic rings. The molecule has 0 bridgehead atoms. The molecule has 0 saturated heterocycles. The maximum atomic E-state index is 13.8. The zero-order valence-corrected chi connectivity index (χ0v) is 11.5. The maximum Gasteiger partial charge on any atom is 0.458 e. The number of nitrogen functional groups attached to an aromatic ring is 1. The number of anilines is 1. The van der Waals surface area contributed by atoms with Crippen molar-refractivity contribution in [2.24, 2.45) is 0 Å². The monoisotopic (exact) mass is 347 g/mol. The summed E-state index contributed by atoms with van der Waals surface area (Å²) in [6.45, 7) is 0. The van der Waals surface area contributed by atoms with Crippen LogP contribution in [0, 0.1) is 5.82 Å². The lowest BCUT2D eigenvalue weighted by atomic mass is 10.1. The van der Waals surface area contributed by atoms with Crippen LogP contribution in [0.25, 0.3) is 16.9 Å². The molecule has 0 atom stereocenters. The molecule has 0 spiro atoms. The van der Waals surface area contributed by atoms with E-state index in [0.29, 0.717) is 12.3 Å². The SMILES string of the molecule is Nc1ncc2c(F)cc(-c3ccc(C(F)(F)C(F)(F)F)cn3)n2n1. The maximum absolute atomic E-state index is 13.8. The van der Waals surface area contributed by atoms with E-state index in [1.807, 2.05) is 0 Å². The zero-order chi connectivity index (χ0) is 17.7. The number of hydrogen-bond acceptors (Lipinski definition) is 4. The molecule has 0 amide bonds. The summed E-state index contributed by atoms with van der Waals surface area (Å²) < 4.78 is 78.3. The molecule has 0 aliphatic heterocycles. The lowest BCUT2D eigenvalue weighted by Gasteiger charge is -2.19. The molecule has 0 saturated carbocycles. The number of nitrogens with zero attached hydrogens (tertiary/aromatic N) is 4. The van der Waals surface area contributed by atoms with E-state index in [1.165, 1.54) is 0 Å². The van der Waals surface area contributed by atoms with E-state index in [9.17, 15) is 26.3 Å². The summed E-state index contributed by atoms with van der Waals surface area (Å²) >= 11 is 0. The Morgan fingerprint density at radius 2 is 1.71 bits per heavy atom. The van der Waals surface area contributed by atoms with Gasteiger partial charge in [-0.3, -0.25) is 4.98 Å². The molecule has 3 aromatic heterocycles. The van der Waals surface area contributed by atoms with Crippen LogP contribution < -0.4 is 5.73 Å². The minimum atomic E-state index is -5.74. The van der Waals surface area contributed by atoms with Crippen molar-refractivity contribution < 1.29 is 26.3 Å². The van der Waals surface area contributed by atoms with Crippen LogP contribution in [0.3, 0.4) is 0 Å². The van der Waals surface area contributed by atoms with Crippen LogP contribution in [0.15, 0.2) is 30.6 Å². The second-order valence-corrected chi connectivity index (χ2v) is 4.80. The summed E-state index contributed by atoms with van der Waals surface area (Å²) in [4.78, 5) is 7.16. The van der Waals surface area contributed by atoms with E-state index in [4.69, 9.17) is 5.73 Å². The predicted molar refractivity (Wildman–Crippen MR) is 70.5 cm³/mol. The van der Waals surface area contributed by atoms with Gasteiger partial charge in [0.15, 0.2) is 5.82 Å². The minimum absolute atomic E-state index is 0.0264. The standard InChI is InChI=1S/C13H7F6N5/c14-7-3-9(24-10(7)5-22-11(20)23-24)8-2-1-6(4-21-8)12(15,16)13(17,18)19/h1-5H,(H2,20,23). The molecule has 5 nitrogen and oxygen atoms in total. The van der Waals surface area contributed by atoms with Crippen molar-refractivity contribution in [1.29, 1.82) is 0 Å². The number of rotatable bonds is 2. The fourth-order valence-electron chi connectivity index (χ4n) is 2.04. The Bertz CT molecular complexity index is 900. The first kappa shape index (κ1) is 16.0. The first-order chi connectivity index (χ1) is 11.1. The highest BCUT2D eigenvalue weighted by Crippen LogP contribution is 2.43. The van der Waals surface area contributed by atoms with Crippen molar-refractivity contribution in [2.75, 3.05) is 5.73 Å². The summed E-state index contributed by atoms with van der Waals surface area (Å²) in [5.74, 6) is -5.95. The van der Waals surface area contributed by atoms with Gasteiger partial charge in [-0.1, -0.05) is 0 Å². The van der Waals surface area contributed by atoms with Crippen molar-refractivity contribution in [1.82, 2.24) is 19.6 Å². The fraction of sp³-hybridized carbons (Fsp3) is 0.154. The number of aromatic nitrogens is 4. The summed E-state index contributed by atoms with van der Waals surface area (Å²) in [7, 11) is 0. The van der Waals surface area contributed by atoms with Crippen LogP contribution in [0.2, 0.25) is 0 Å². The second kappa shape index (κ2) is 5.08. The minimum Gasteiger partial charge on any atom is -0.367 e. The van der Waals surface area contributed by atoms with Crippen LogP contribution in [-0.4, -0.2) is 25.8 Å². The highest BCUT2D eigenvalue weighted by atomic mass is 19.4. The lowest BCUT2D eigenvalue weighted by Crippen LogP contribution is -2.33. The quantitative estimate of drug-likeness (QED) is 0.723. The summed E-state index contributed by atoms with van der Waals surface area (Å²) in [6, 6.07) is 2.47. The van der Waals surface area contributed by atoms with Gasteiger partial charge in [0, 0.05) is 17.8 Å². The normalized spacial score (nSPS) is 12.8. The van der Waals surface area contributed by atoms with E-state index in [2.05, 4.69) is 15.1 Å². The number of nitrogens with two attached hydrogens (primary N) is 1. The van der Waals surface area contributed by atoms with Crippen LogP contribution >= 0.6 is 0 Å². The van der Waals surface area contributed by atoms with Crippen molar-refractivity contribution >= 4 is 11.5 Å². The van der Waals surface area contributed by atoms with Gasteiger partial charge in [0.1, 0.15) is 5.52 Å². The van der Waals surface area contributed by atoms with Gasteiger partial charge in [0.05, 0.1) is 17.6 Å². The summed E-state index contributed by atoms with van der Waals surface area (Å²) in [5.41, 5.74) is 3.99. The Hall–Kier alpha value is -2.85. The molecule has 2 N–H and O–H groups in total. The molecule has 0 aromatic carbocycles. The Kier molecular flexibility index (Phi) is 3.39. The molecule has 0 unspecified atom stereocenters. The number of pyridine rings is 1. The number of halogens is 6. The van der Waals surface area contributed by atoms with E-state index in [-0.39, 0.29) is 22.9 Å². The topological polar surface area (TPSA) is 69.1 Å². The van der Waals surface area contributed by atoms with Crippen molar-refractivity contribution in [3.8, 4) is 11.4 Å². The fourth-order valence-corrected chi connectivity index (χ4v) is 2.04. The predicted octanol–water partition coefficient (Wildman–Crippen LogP) is 3.17. The molecule has 0 radical (unpaired) electrons. The smallest absolute Gasteiger partial charge is 0.367 e. The third-order valence-corrected chi connectivity index (χ3v) is 3.23. The molecule has 3 rings (SSSR count). The molecule has 3 aromatic rings.